The largest absolute Gasteiger partial charge is 0.334 e. The minimum atomic E-state index is 0. The molecule has 0 spiro atoms. The summed E-state index contributed by atoms with van der Waals surface area (Å²) in [6.45, 7) is 4.85. The number of para-hydroxylation sites is 1. The third-order valence-corrected chi connectivity index (χ3v) is 5.97. The summed E-state index contributed by atoms with van der Waals surface area (Å²) in [7, 11) is 0. The summed E-state index contributed by atoms with van der Waals surface area (Å²) in [5.74, 6) is 0.770. The van der Waals surface area contributed by atoms with E-state index in [2.05, 4.69) is 33.4 Å². The second-order valence-electron chi connectivity index (χ2n) is 7.68. The van der Waals surface area contributed by atoms with Gasteiger partial charge in [0, 0.05) is 42.3 Å². The van der Waals surface area contributed by atoms with Crippen molar-refractivity contribution >= 4 is 41.6 Å². The zero-order chi connectivity index (χ0) is 18.4. The molecule has 152 valence electrons. The van der Waals surface area contributed by atoms with E-state index in [1.807, 2.05) is 43.3 Å². The molecule has 2 aromatic carbocycles. The number of pyridine rings is 1. The molecule has 3 aromatic rings. The van der Waals surface area contributed by atoms with Crippen molar-refractivity contribution < 1.29 is 4.79 Å². The first kappa shape index (κ1) is 21.6. The molecule has 2 aliphatic rings. The van der Waals surface area contributed by atoms with Gasteiger partial charge in [0.2, 0.25) is 0 Å². The third-order valence-electron chi connectivity index (χ3n) is 5.97. The Morgan fingerprint density at radius 3 is 2.76 bits per heavy atom. The summed E-state index contributed by atoms with van der Waals surface area (Å²) in [6.07, 6.45) is 1.11. The fraction of sp³-hybridized carbons (Fsp3) is 0.304. The molecule has 1 aromatic heterocycles. The lowest BCUT2D eigenvalue weighted by molar-refractivity contribution is 0.0737. The van der Waals surface area contributed by atoms with Crippen molar-refractivity contribution in [1.82, 2.24) is 15.2 Å². The molecular formula is C23H25Cl2N3O. The average Bonchev–Trinajstić information content (AvgIpc) is 3.30. The van der Waals surface area contributed by atoms with Crippen molar-refractivity contribution in [3.63, 3.8) is 0 Å². The highest BCUT2D eigenvalue weighted by atomic mass is 35.5. The normalized spacial score (nSPS) is 20.1. The summed E-state index contributed by atoms with van der Waals surface area (Å²) in [5.41, 5.74) is 4.96. The summed E-state index contributed by atoms with van der Waals surface area (Å²) in [6, 6.07) is 18.7. The van der Waals surface area contributed by atoms with Crippen molar-refractivity contribution in [3.05, 3.63) is 65.9 Å². The van der Waals surface area contributed by atoms with E-state index in [1.165, 1.54) is 0 Å². The number of aryl methyl sites for hydroxylation is 1. The van der Waals surface area contributed by atoms with Crippen molar-refractivity contribution in [3.8, 4) is 11.1 Å². The van der Waals surface area contributed by atoms with Gasteiger partial charge in [-0.1, -0.05) is 30.3 Å². The van der Waals surface area contributed by atoms with Gasteiger partial charge < -0.3 is 10.2 Å². The van der Waals surface area contributed by atoms with E-state index >= 15 is 0 Å². The molecule has 0 unspecified atom stereocenters. The monoisotopic (exact) mass is 429 g/mol. The van der Waals surface area contributed by atoms with Gasteiger partial charge in [-0.05, 0) is 54.7 Å². The van der Waals surface area contributed by atoms with E-state index in [4.69, 9.17) is 0 Å². The quantitative estimate of drug-likeness (QED) is 0.652. The highest BCUT2D eigenvalue weighted by Crippen LogP contribution is 2.31. The number of carbonyl (C=O) groups is 1. The maximum absolute atomic E-state index is 13.2. The van der Waals surface area contributed by atoms with Crippen LogP contribution in [0.2, 0.25) is 0 Å². The Kier molecular flexibility index (Phi) is 6.47. The Morgan fingerprint density at radius 1 is 1.07 bits per heavy atom. The van der Waals surface area contributed by atoms with E-state index < -0.39 is 0 Å². The van der Waals surface area contributed by atoms with E-state index in [9.17, 15) is 4.79 Å². The fourth-order valence-corrected chi connectivity index (χ4v) is 4.63. The average molecular weight is 430 g/mol. The highest BCUT2D eigenvalue weighted by Gasteiger charge is 2.40. The zero-order valence-electron chi connectivity index (χ0n) is 16.3. The number of rotatable bonds is 2. The van der Waals surface area contributed by atoms with Crippen LogP contribution in [0, 0.1) is 12.8 Å². The molecule has 2 atom stereocenters. The maximum Gasteiger partial charge on any atom is 0.254 e. The van der Waals surface area contributed by atoms with Crippen LogP contribution in [0.25, 0.3) is 22.0 Å². The first-order valence-electron chi connectivity index (χ1n) is 9.69. The van der Waals surface area contributed by atoms with Gasteiger partial charge >= 0.3 is 0 Å². The number of carbonyl (C=O) groups excluding carboxylic acids is 1. The lowest BCUT2D eigenvalue weighted by Crippen LogP contribution is -2.39. The van der Waals surface area contributed by atoms with Crippen LogP contribution >= 0.6 is 24.8 Å². The summed E-state index contributed by atoms with van der Waals surface area (Å²) in [5, 5.41) is 4.54. The molecule has 3 heterocycles. The number of nitrogens with one attached hydrogen (secondary N) is 1. The van der Waals surface area contributed by atoms with Crippen LogP contribution in [0.15, 0.2) is 54.6 Å². The van der Waals surface area contributed by atoms with Gasteiger partial charge in [0.1, 0.15) is 0 Å². The maximum atomic E-state index is 13.2. The molecule has 6 heteroatoms. The fourth-order valence-electron chi connectivity index (χ4n) is 4.63. The van der Waals surface area contributed by atoms with Gasteiger partial charge in [0.15, 0.2) is 0 Å². The second kappa shape index (κ2) is 8.70. The van der Waals surface area contributed by atoms with E-state index in [0.29, 0.717) is 12.0 Å². The summed E-state index contributed by atoms with van der Waals surface area (Å²) in [4.78, 5) is 19.9. The smallest absolute Gasteiger partial charge is 0.254 e. The van der Waals surface area contributed by atoms with Crippen molar-refractivity contribution in [2.75, 3.05) is 19.6 Å². The number of nitrogens with zero attached hydrogens (tertiary/aromatic N) is 2. The Hall–Kier alpha value is -2.14. The molecule has 1 amide bonds. The molecule has 2 saturated heterocycles. The Balaban J connectivity index is 0.00000120. The number of halogens is 2. The van der Waals surface area contributed by atoms with Crippen LogP contribution in [-0.2, 0) is 0 Å². The molecule has 2 fully saturated rings. The number of hydrogen-bond donors (Lipinski definition) is 1. The lowest BCUT2D eigenvalue weighted by atomic mass is 9.98. The van der Waals surface area contributed by atoms with Gasteiger partial charge in [-0.15, -0.1) is 24.8 Å². The number of likely N-dealkylation sites (tertiary alicyclic amines) is 1. The van der Waals surface area contributed by atoms with Crippen LogP contribution in [-0.4, -0.2) is 41.5 Å². The molecule has 0 radical (unpaired) electrons. The zero-order valence-corrected chi connectivity index (χ0v) is 17.9. The molecule has 0 aliphatic carbocycles. The van der Waals surface area contributed by atoms with Gasteiger partial charge in [-0.2, -0.15) is 0 Å². The molecule has 5 rings (SSSR count). The van der Waals surface area contributed by atoms with Gasteiger partial charge in [0.25, 0.3) is 5.91 Å². The minimum Gasteiger partial charge on any atom is -0.334 e. The molecule has 29 heavy (non-hydrogen) atoms. The van der Waals surface area contributed by atoms with Crippen LogP contribution in [0.3, 0.4) is 0 Å². The second-order valence-corrected chi connectivity index (χ2v) is 7.68. The van der Waals surface area contributed by atoms with Crippen LogP contribution in [0.4, 0.5) is 0 Å². The molecule has 0 saturated carbocycles. The van der Waals surface area contributed by atoms with Crippen molar-refractivity contribution in [2.45, 2.75) is 19.4 Å². The predicted molar refractivity (Wildman–Crippen MR) is 122 cm³/mol. The van der Waals surface area contributed by atoms with E-state index in [0.717, 1.165) is 59.3 Å². The number of amides is 1. The SMILES string of the molecule is Cc1cc(-c2cccc(C(=O)N3CC[C@H]4CNC[C@H]43)c2)c2ccccc2n1.Cl.Cl. The van der Waals surface area contributed by atoms with Crippen molar-refractivity contribution in [2.24, 2.45) is 5.92 Å². The molecule has 2 aliphatic heterocycles. The van der Waals surface area contributed by atoms with Crippen LogP contribution in [0.5, 0.6) is 0 Å². The van der Waals surface area contributed by atoms with E-state index in [1.54, 1.807) is 0 Å². The topological polar surface area (TPSA) is 45.2 Å². The molecule has 4 nitrogen and oxygen atoms in total. The highest BCUT2D eigenvalue weighted by molar-refractivity contribution is 5.99. The summed E-state index contributed by atoms with van der Waals surface area (Å²) >= 11 is 0. The Bertz CT molecular complexity index is 1040. The first-order chi connectivity index (χ1) is 13.2. The number of hydrogen-bond acceptors (Lipinski definition) is 3. The lowest BCUT2D eigenvalue weighted by Gasteiger charge is -2.23. The molecular weight excluding hydrogens is 405 g/mol. The standard InChI is InChI=1S/C23H23N3O.2ClH/c1-15-11-20(19-7-2-3-8-21(19)25-15)16-5-4-6-17(12-16)23(27)26-10-9-18-13-24-14-22(18)26;;/h2-8,11-12,18,22,24H,9-10,13-14H2,1H3;2*1H/t18-,22+;;/m0../s1. The molecule has 1 N–H and O–H groups in total. The summed E-state index contributed by atoms with van der Waals surface area (Å²) < 4.78 is 0. The molecule has 0 bridgehead atoms. The minimum absolute atomic E-state index is 0. The number of fused-ring (bicyclic) bond motifs is 2. The predicted octanol–water partition coefficient (Wildman–Crippen LogP) is 4.49. The Labute approximate surface area is 183 Å². The third kappa shape index (κ3) is 3.85. The number of aromatic nitrogens is 1. The van der Waals surface area contributed by atoms with E-state index in [-0.39, 0.29) is 30.7 Å². The van der Waals surface area contributed by atoms with Gasteiger partial charge in [-0.25, -0.2) is 0 Å². The van der Waals surface area contributed by atoms with Crippen LogP contribution in [0.1, 0.15) is 22.5 Å². The van der Waals surface area contributed by atoms with Gasteiger partial charge in [-0.3, -0.25) is 9.78 Å². The first-order valence-corrected chi connectivity index (χ1v) is 9.69. The Morgan fingerprint density at radius 2 is 1.90 bits per heavy atom. The van der Waals surface area contributed by atoms with Crippen molar-refractivity contribution in [1.29, 1.82) is 0 Å². The van der Waals surface area contributed by atoms with Crippen LogP contribution < -0.4 is 5.32 Å². The number of benzene rings is 2. The van der Waals surface area contributed by atoms with Gasteiger partial charge in [0.05, 0.1) is 5.52 Å².